The van der Waals surface area contributed by atoms with Gasteiger partial charge < -0.3 is 15.5 Å². The second-order valence-corrected chi connectivity index (χ2v) is 5.09. The van der Waals surface area contributed by atoms with Gasteiger partial charge in [0.05, 0.1) is 6.54 Å². The molecule has 0 radical (unpaired) electrons. The van der Waals surface area contributed by atoms with Crippen molar-refractivity contribution in [3.8, 4) is 0 Å². The van der Waals surface area contributed by atoms with Crippen molar-refractivity contribution in [2.75, 3.05) is 32.7 Å². The lowest BCUT2D eigenvalue weighted by atomic mass is 10.2. The van der Waals surface area contributed by atoms with Crippen molar-refractivity contribution < 1.29 is 9.59 Å². The van der Waals surface area contributed by atoms with E-state index in [0.717, 1.165) is 25.6 Å². The molecule has 0 unspecified atom stereocenters. The van der Waals surface area contributed by atoms with Crippen molar-refractivity contribution in [1.29, 1.82) is 0 Å². The first-order valence-corrected chi connectivity index (χ1v) is 7.42. The minimum Gasteiger partial charge on any atom is -0.355 e. The number of hydrogen-bond donors (Lipinski definition) is 2. The number of nitrogens with one attached hydrogen (secondary N) is 2. The van der Waals surface area contributed by atoms with Crippen molar-refractivity contribution >= 4 is 24.2 Å². The van der Waals surface area contributed by atoms with Crippen LogP contribution in [0.5, 0.6) is 0 Å². The lowest BCUT2D eigenvalue weighted by Crippen LogP contribution is -2.36. The zero-order valence-corrected chi connectivity index (χ0v) is 13.4. The second kappa shape index (κ2) is 10.9. The molecule has 0 atom stereocenters. The molecule has 1 saturated carbocycles. The molecule has 5 nitrogen and oxygen atoms in total. The van der Waals surface area contributed by atoms with Crippen LogP contribution in [0.3, 0.4) is 0 Å². The molecule has 2 N–H and O–H groups in total. The highest BCUT2D eigenvalue weighted by molar-refractivity contribution is 5.85. The zero-order valence-electron chi connectivity index (χ0n) is 12.6. The maximum Gasteiger partial charge on any atom is 0.233 e. The molecule has 0 heterocycles. The first kappa shape index (κ1) is 19.2. The van der Waals surface area contributed by atoms with Gasteiger partial charge in [-0.15, -0.1) is 12.4 Å². The Balaban J connectivity index is 0.00000361. The summed E-state index contributed by atoms with van der Waals surface area (Å²) in [5, 5.41) is 5.98. The van der Waals surface area contributed by atoms with Gasteiger partial charge in [-0.25, -0.2) is 0 Å². The molecule has 6 heteroatoms. The molecule has 1 fully saturated rings. The number of carbonyl (C=O) groups is 2. The third-order valence-corrected chi connectivity index (χ3v) is 3.42. The van der Waals surface area contributed by atoms with Crippen molar-refractivity contribution in [1.82, 2.24) is 15.5 Å². The normalized spacial score (nSPS) is 13.5. The Morgan fingerprint density at radius 1 is 1.20 bits per heavy atom. The van der Waals surface area contributed by atoms with Gasteiger partial charge in [-0.1, -0.05) is 0 Å². The molecular formula is C14H28ClN3O2. The molecule has 1 rings (SSSR count). The molecule has 1 aliphatic rings. The van der Waals surface area contributed by atoms with E-state index in [2.05, 4.69) is 10.6 Å². The van der Waals surface area contributed by atoms with Crippen LogP contribution in [0.1, 0.15) is 39.5 Å². The van der Waals surface area contributed by atoms with Gasteiger partial charge in [-0.05, 0) is 45.6 Å². The third-order valence-electron chi connectivity index (χ3n) is 3.42. The lowest BCUT2D eigenvalue weighted by molar-refractivity contribution is -0.131. The fourth-order valence-electron chi connectivity index (χ4n) is 1.98. The number of carbonyl (C=O) groups excluding carboxylic acids is 2. The Hall–Kier alpha value is -0.810. The summed E-state index contributed by atoms with van der Waals surface area (Å²) in [5.74, 6) is 0.988. The highest BCUT2D eigenvalue weighted by Crippen LogP contribution is 2.27. The average Bonchev–Trinajstić information content (AvgIpc) is 3.20. The molecule has 0 spiro atoms. The molecule has 20 heavy (non-hydrogen) atoms. The third kappa shape index (κ3) is 8.38. The van der Waals surface area contributed by atoms with E-state index in [1.807, 2.05) is 18.7 Å². The van der Waals surface area contributed by atoms with Crippen LogP contribution < -0.4 is 10.6 Å². The number of rotatable bonds is 10. The summed E-state index contributed by atoms with van der Waals surface area (Å²) in [5.41, 5.74) is 0. The smallest absolute Gasteiger partial charge is 0.233 e. The lowest BCUT2D eigenvalue weighted by Gasteiger charge is -2.18. The fourth-order valence-corrected chi connectivity index (χ4v) is 1.98. The van der Waals surface area contributed by atoms with E-state index in [0.29, 0.717) is 25.9 Å². The van der Waals surface area contributed by atoms with Gasteiger partial charge >= 0.3 is 0 Å². The van der Waals surface area contributed by atoms with Gasteiger partial charge in [0.1, 0.15) is 0 Å². The molecule has 0 aliphatic heterocycles. The minimum atomic E-state index is 0. The van der Waals surface area contributed by atoms with Gasteiger partial charge in [0, 0.05) is 26.1 Å². The van der Waals surface area contributed by atoms with E-state index >= 15 is 0 Å². The zero-order chi connectivity index (χ0) is 14.1. The highest BCUT2D eigenvalue weighted by Gasteiger charge is 2.20. The quantitative estimate of drug-likeness (QED) is 0.596. The number of halogens is 1. The predicted octanol–water partition coefficient (Wildman–Crippen LogP) is 1.17. The molecular weight excluding hydrogens is 278 g/mol. The van der Waals surface area contributed by atoms with Crippen molar-refractivity contribution in [2.24, 2.45) is 5.92 Å². The van der Waals surface area contributed by atoms with Gasteiger partial charge in [0.15, 0.2) is 0 Å². The van der Waals surface area contributed by atoms with Gasteiger partial charge in [-0.3, -0.25) is 9.59 Å². The Bertz CT molecular complexity index is 292. The summed E-state index contributed by atoms with van der Waals surface area (Å²) in [6.07, 6.45) is 3.81. The fraction of sp³-hybridized carbons (Fsp3) is 0.857. The first-order valence-electron chi connectivity index (χ1n) is 7.42. The number of hydrogen-bond acceptors (Lipinski definition) is 3. The van der Waals surface area contributed by atoms with Gasteiger partial charge in [0.2, 0.25) is 11.8 Å². The standard InChI is InChI=1S/C14H27N3O2.ClH/c1-3-17(4-2)14(19)6-5-9-16-13(18)11-15-10-12-7-8-12;/h12,15H,3-11H2,1-2H3,(H,16,18);1H. The molecule has 1 aliphatic carbocycles. The monoisotopic (exact) mass is 305 g/mol. The minimum absolute atomic E-state index is 0. The second-order valence-electron chi connectivity index (χ2n) is 5.09. The van der Waals surface area contributed by atoms with E-state index in [9.17, 15) is 9.59 Å². The van der Waals surface area contributed by atoms with Crippen LogP contribution in [0.15, 0.2) is 0 Å². The summed E-state index contributed by atoms with van der Waals surface area (Å²) in [7, 11) is 0. The van der Waals surface area contributed by atoms with Gasteiger partial charge in [-0.2, -0.15) is 0 Å². The van der Waals surface area contributed by atoms with E-state index in [1.165, 1.54) is 12.8 Å². The summed E-state index contributed by atoms with van der Waals surface area (Å²) in [6, 6.07) is 0. The molecule has 0 aromatic carbocycles. The van der Waals surface area contributed by atoms with Crippen LogP contribution in [0.4, 0.5) is 0 Å². The van der Waals surface area contributed by atoms with Crippen LogP contribution in [-0.4, -0.2) is 49.4 Å². The predicted molar refractivity (Wildman–Crippen MR) is 83.0 cm³/mol. The molecule has 0 aromatic rings. The van der Waals surface area contributed by atoms with Crippen LogP contribution in [-0.2, 0) is 9.59 Å². The van der Waals surface area contributed by atoms with Crippen LogP contribution in [0.2, 0.25) is 0 Å². The van der Waals surface area contributed by atoms with Crippen molar-refractivity contribution in [2.45, 2.75) is 39.5 Å². The summed E-state index contributed by atoms with van der Waals surface area (Å²) >= 11 is 0. The summed E-state index contributed by atoms with van der Waals surface area (Å²) < 4.78 is 0. The number of nitrogens with zero attached hydrogens (tertiary/aromatic N) is 1. The Kier molecular flexibility index (Phi) is 10.5. The largest absolute Gasteiger partial charge is 0.355 e. The molecule has 0 saturated heterocycles. The van der Waals surface area contributed by atoms with Crippen molar-refractivity contribution in [3.05, 3.63) is 0 Å². The van der Waals surface area contributed by atoms with Crippen LogP contribution in [0.25, 0.3) is 0 Å². The topological polar surface area (TPSA) is 61.4 Å². The van der Waals surface area contributed by atoms with Crippen molar-refractivity contribution in [3.63, 3.8) is 0 Å². The number of amides is 2. The summed E-state index contributed by atoms with van der Waals surface area (Å²) in [6.45, 7) is 7.40. The van der Waals surface area contributed by atoms with Gasteiger partial charge in [0.25, 0.3) is 0 Å². The maximum absolute atomic E-state index is 11.7. The Morgan fingerprint density at radius 3 is 2.40 bits per heavy atom. The van der Waals surface area contributed by atoms with E-state index in [1.54, 1.807) is 0 Å². The first-order chi connectivity index (χ1) is 9.17. The van der Waals surface area contributed by atoms with Crippen LogP contribution >= 0.6 is 12.4 Å². The molecule has 0 aromatic heterocycles. The average molecular weight is 306 g/mol. The van der Waals surface area contributed by atoms with E-state index in [4.69, 9.17) is 0 Å². The van der Waals surface area contributed by atoms with E-state index in [-0.39, 0.29) is 24.2 Å². The SMILES string of the molecule is CCN(CC)C(=O)CCCNC(=O)CNCC1CC1.Cl. The van der Waals surface area contributed by atoms with E-state index < -0.39 is 0 Å². The molecule has 0 bridgehead atoms. The van der Waals surface area contributed by atoms with Crippen LogP contribution in [0, 0.1) is 5.92 Å². The highest BCUT2D eigenvalue weighted by atomic mass is 35.5. The molecule has 2 amide bonds. The maximum atomic E-state index is 11.7. The molecule has 118 valence electrons. The Labute approximate surface area is 128 Å². The Morgan fingerprint density at radius 2 is 1.85 bits per heavy atom. The summed E-state index contributed by atoms with van der Waals surface area (Å²) in [4.78, 5) is 25.0.